The van der Waals surface area contributed by atoms with E-state index in [1.807, 2.05) is 13.0 Å². The van der Waals surface area contributed by atoms with Crippen molar-refractivity contribution < 1.29 is 9.13 Å². The van der Waals surface area contributed by atoms with Gasteiger partial charge in [0.15, 0.2) is 5.96 Å². The first-order valence-electron chi connectivity index (χ1n) is 7.10. The minimum atomic E-state index is -0.360. The highest BCUT2D eigenvalue weighted by Gasteiger charge is 2.06. The predicted molar refractivity (Wildman–Crippen MR) is 99.7 cm³/mol. The summed E-state index contributed by atoms with van der Waals surface area (Å²) in [6.07, 6.45) is 2.58. The average Bonchev–Trinajstić information content (AvgIpc) is 2.52. The van der Waals surface area contributed by atoms with Gasteiger partial charge in [-0.1, -0.05) is 19.1 Å². The first kappa shape index (κ1) is 19.1. The van der Waals surface area contributed by atoms with E-state index >= 15 is 0 Å². The monoisotopic (exact) mass is 430 g/mol. The number of pyridine rings is 1. The Morgan fingerprint density at radius 1 is 1.35 bits per heavy atom. The zero-order valence-corrected chi connectivity index (χ0v) is 15.2. The summed E-state index contributed by atoms with van der Waals surface area (Å²) < 4.78 is 18.8. The Bertz CT molecular complexity index is 651. The van der Waals surface area contributed by atoms with E-state index in [1.165, 1.54) is 12.1 Å². The molecule has 0 fully saturated rings. The molecule has 5 nitrogen and oxygen atoms in total. The number of nitrogens with two attached hydrogens (primary N) is 1. The van der Waals surface area contributed by atoms with Crippen molar-refractivity contribution in [3.05, 3.63) is 54.0 Å². The molecule has 7 heteroatoms. The van der Waals surface area contributed by atoms with Crippen LogP contribution >= 0.6 is 24.0 Å². The summed E-state index contributed by atoms with van der Waals surface area (Å²) in [6, 6.07) is 9.55. The third-order valence-electron chi connectivity index (χ3n) is 2.84. The summed E-state index contributed by atoms with van der Waals surface area (Å²) >= 11 is 0. The van der Waals surface area contributed by atoms with Crippen molar-refractivity contribution in [1.29, 1.82) is 0 Å². The van der Waals surface area contributed by atoms with E-state index in [2.05, 4.69) is 15.3 Å². The van der Waals surface area contributed by atoms with E-state index in [-0.39, 0.29) is 29.8 Å². The van der Waals surface area contributed by atoms with Crippen molar-refractivity contribution in [3.63, 3.8) is 0 Å². The van der Waals surface area contributed by atoms with Gasteiger partial charge in [0.2, 0.25) is 5.88 Å². The summed E-state index contributed by atoms with van der Waals surface area (Å²) in [4.78, 5) is 8.41. The summed E-state index contributed by atoms with van der Waals surface area (Å²) in [5.41, 5.74) is 6.53. The van der Waals surface area contributed by atoms with Gasteiger partial charge in [-0.15, -0.1) is 24.0 Å². The third-order valence-corrected chi connectivity index (χ3v) is 2.84. The topological polar surface area (TPSA) is 72.5 Å². The van der Waals surface area contributed by atoms with Crippen molar-refractivity contribution in [2.75, 3.05) is 6.54 Å². The molecule has 0 aliphatic carbocycles. The van der Waals surface area contributed by atoms with E-state index in [0.29, 0.717) is 24.1 Å². The van der Waals surface area contributed by atoms with Crippen molar-refractivity contribution in [2.24, 2.45) is 10.7 Å². The number of rotatable bonds is 6. The molecule has 2 aromatic rings. The van der Waals surface area contributed by atoms with Crippen molar-refractivity contribution >= 4 is 29.9 Å². The minimum absolute atomic E-state index is 0. The smallest absolute Gasteiger partial charge is 0.224 e. The number of aromatic nitrogens is 1. The number of nitrogens with zero attached hydrogens (tertiary/aromatic N) is 2. The zero-order valence-electron chi connectivity index (χ0n) is 12.8. The van der Waals surface area contributed by atoms with Crippen LogP contribution in [0.4, 0.5) is 4.39 Å². The Hall–Kier alpha value is -1.90. The maximum Gasteiger partial charge on any atom is 0.224 e. The van der Waals surface area contributed by atoms with Crippen molar-refractivity contribution in [1.82, 2.24) is 10.3 Å². The van der Waals surface area contributed by atoms with Crippen LogP contribution in [0.15, 0.2) is 47.6 Å². The number of benzene rings is 1. The van der Waals surface area contributed by atoms with Crippen LogP contribution in [0.2, 0.25) is 0 Å². The Morgan fingerprint density at radius 2 is 2.17 bits per heavy atom. The molecule has 0 atom stereocenters. The Labute approximate surface area is 152 Å². The van der Waals surface area contributed by atoms with Crippen LogP contribution < -0.4 is 15.8 Å². The lowest BCUT2D eigenvalue weighted by Crippen LogP contribution is -2.32. The molecule has 1 heterocycles. The molecular weight excluding hydrogens is 410 g/mol. The average molecular weight is 430 g/mol. The molecular formula is C16H20FIN4O. The van der Waals surface area contributed by atoms with E-state index < -0.39 is 0 Å². The number of hydrogen-bond donors (Lipinski definition) is 2. The molecule has 0 spiro atoms. The number of halogens is 2. The highest BCUT2D eigenvalue weighted by atomic mass is 127. The number of nitrogens with one attached hydrogen (secondary N) is 1. The molecule has 1 aromatic heterocycles. The molecule has 0 bridgehead atoms. The van der Waals surface area contributed by atoms with Gasteiger partial charge in [0.1, 0.15) is 11.6 Å². The SMILES string of the molecule is CCCNC(N)=NCc1cccnc1Oc1cccc(F)c1.I. The molecule has 23 heavy (non-hydrogen) atoms. The van der Waals surface area contributed by atoms with Gasteiger partial charge >= 0.3 is 0 Å². The fraction of sp³-hybridized carbons (Fsp3) is 0.250. The van der Waals surface area contributed by atoms with Gasteiger partial charge in [-0.2, -0.15) is 0 Å². The molecule has 0 amide bonds. The van der Waals surface area contributed by atoms with Crippen LogP contribution in [0.3, 0.4) is 0 Å². The maximum atomic E-state index is 13.2. The van der Waals surface area contributed by atoms with Crippen LogP contribution in [0.1, 0.15) is 18.9 Å². The minimum Gasteiger partial charge on any atom is -0.439 e. The largest absolute Gasteiger partial charge is 0.439 e. The predicted octanol–water partition coefficient (Wildman–Crippen LogP) is 3.45. The Balaban J connectivity index is 0.00000264. The number of aliphatic imine (C=N–C) groups is 1. The second-order valence-corrected chi connectivity index (χ2v) is 4.66. The van der Waals surface area contributed by atoms with Crippen LogP contribution in [0.25, 0.3) is 0 Å². The van der Waals surface area contributed by atoms with Crippen molar-refractivity contribution in [3.8, 4) is 11.6 Å². The summed E-state index contributed by atoms with van der Waals surface area (Å²) in [7, 11) is 0. The second kappa shape index (κ2) is 9.98. The van der Waals surface area contributed by atoms with Gasteiger partial charge in [-0.25, -0.2) is 14.4 Å². The lowest BCUT2D eigenvalue weighted by atomic mass is 10.2. The van der Waals surface area contributed by atoms with E-state index in [9.17, 15) is 4.39 Å². The summed E-state index contributed by atoms with van der Waals surface area (Å²) in [5.74, 6) is 0.796. The van der Waals surface area contributed by atoms with Gasteiger partial charge in [0.25, 0.3) is 0 Å². The summed E-state index contributed by atoms with van der Waals surface area (Å²) in [6.45, 7) is 3.16. The first-order valence-corrected chi connectivity index (χ1v) is 7.10. The molecule has 0 aliphatic heterocycles. The normalized spacial score (nSPS) is 10.8. The van der Waals surface area contributed by atoms with Gasteiger partial charge in [0, 0.05) is 24.4 Å². The van der Waals surface area contributed by atoms with Crippen molar-refractivity contribution in [2.45, 2.75) is 19.9 Å². The standard InChI is InChI=1S/C16H19FN4O.HI/c1-2-8-20-16(18)21-11-12-5-4-9-19-15(12)22-14-7-3-6-13(17)10-14;/h3-7,9-10H,2,8,11H2,1H3,(H3,18,20,21);1H. The van der Waals surface area contributed by atoms with E-state index in [1.54, 1.807) is 24.4 Å². The van der Waals surface area contributed by atoms with Crippen LogP contribution in [0, 0.1) is 5.82 Å². The maximum absolute atomic E-state index is 13.2. The summed E-state index contributed by atoms with van der Waals surface area (Å²) in [5, 5.41) is 3.00. The molecule has 0 radical (unpaired) electrons. The first-order chi connectivity index (χ1) is 10.7. The highest BCUT2D eigenvalue weighted by molar-refractivity contribution is 14.0. The fourth-order valence-electron chi connectivity index (χ4n) is 1.76. The number of hydrogen-bond acceptors (Lipinski definition) is 3. The molecule has 0 aliphatic rings. The highest BCUT2D eigenvalue weighted by Crippen LogP contribution is 2.23. The number of guanidine groups is 1. The zero-order chi connectivity index (χ0) is 15.8. The van der Waals surface area contributed by atoms with Crippen LogP contribution in [-0.2, 0) is 6.54 Å². The second-order valence-electron chi connectivity index (χ2n) is 4.66. The lowest BCUT2D eigenvalue weighted by molar-refractivity contribution is 0.452. The van der Waals surface area contributed by atoms with Gasteiger partial charge in [-0.05, 0) is 24.6 Å². The van der Waals surface area contributed by atoms with E-state index in [4.69, 9.17) is 10.5 Å². The quantitative estimate of drug-likeness (QED) is 0.419. The molecule has 2 rings (SSSR count). The molecule has 124 valence electrons. The van der Waals surface area contributed by atoms with Crippen LogP contribution in [-0.4, -0.2) is 17.5 Å². The molecule has 0 unspecified atom stereocenters. The van der Waals surface area contributed by atoms with E-state index in [0.717, 1.165) is 18.5 Å². The van der Waals surface area contributed by atoms with Gasteiger partial charge < -0.3 is 15.8 Å². The molecule has 1 aromatic carbocycles. The fourth-order valence-corrected chi connectivity index (χ4v) is 1.76. The Morgan fingerprint density at radius 3 is 2.91 bits per heavy atom. The van der Waals surface area contributed by atoms with Gasteiger partial charge in [-0.3, -0.25) is 0 Å². The molecule has 0 saturated heterocycles. The molecule has 3 N–H and O–H groups in total. The van der Waals surface area contributed by atoms with Gasteiger partial charge in [0.05, 0.1) is 6.54 Å². The van der Waals surface area contributed by atoms with Crippen LogP contribution in [0.5, 0.6) is 11.6 Å². The Kier molecular flexibility index (Phi) is 8.31. The third kappa shape index (κ3) is 6.39. The molecule has 0 saturated carbocycles. The lowest BCUT2D eigenvalue weighted by Gasteiger charge is -2.09. The number of ether oxygens (including phenoxy) is 1.